The molecule has 0 unspecified atom stereocenters. The fourth-order valence-corrected chi connectivity index (χ4v) is 11.6. The predicted molar refractivity (Wildman–Crippen MR) is 273 cm³/mol. The third-order valence-corrected chi connectivity index (χ3v) is 15.0. The maximum atomic E-state index is 2.46. The molecule has 2 aliphatic rings. The maximum absolute atomic E-state index is 2.46. The van der Waals surface area contributed by atoms with Crippen molar-refractivity contribution in [1.29, 1.82) is 0 Å². The zero-order valence-corrected chi connectivity index (χ0v) is 36.6. The molecule has 0 fully saturated rings. The Morgan fingerprint density at radius 3 is 1.30 bits per heavy atom. The first-order valence-electron chi connectivity index (χ1n) is 22.7. The van der Waals surface area contributed by atoms with Crippen LogP contribution in [0.5, 0.6) is 0 Å². The van der Waals surface area contributed by atoms with Gasteiger partial charge in [-0.05, 0) is 175 Å². The Kier molecular flexibility index (Phi) is 7.80. The van der Waals surface area contributed by atoms with Crippen molar-refractivity contribution in [3.63, 3.8) is 0 Å². The zero-order chi connectivity index (χ0) is 42.9. The maximum Gasteiger partial charge on any atom is 0.0159 e. The van der Waals surface area contributed by atoms with E-state index < -0.39 is 0 Å². The second-order valence-corrected chi connectivity index (χ2v) is 19.3. The van der Waals surface area contributed by atoms with Crippen LogP contribution in [-0.4, -0.2) is 0 Å². The van der Waals surface area contributed by atoms with Crippen LogP contribution >= 0.6 is 0 Å². The van der Waals surface area contributed by atoms with Crippen molar-refractivity contribution in [2.45, 2.75) is 38.5 Å². The van der Waals surface area contributed by atoms with E-state index in [0.29, 0.717) is 0 Å². The van der Waals surface area contributed by atoms with Crippen molar-refractivity contribution in [3.05, 3.63) is 229 Å². The number of fused-ring (bicyclic) bond motifs is 12. The summed E-state index contributed by atoms with van der Waals surface area (Å²) in [6.07, 6.45) is 0. The van der Waals surface area contributed by atoms with E-state index in [0.717, 1.165) is 0 Å². The molecular weight excluding hydrogens is 769 g/mol. The van der Waals surface area contributed by atoms with Crippen LogP contribution in [0.25, 0.3) is 110 Å². The highest BCUT2D eigenvalue weighted by atomic mass is 14.4. The first-order valence-corrected chi connectivity index (χ1v) is 22.7. The van der Waals surface area contributed by atoms with Gasteiger partial charge in [0, 0.05) is 10.8 Å². The van der Waals surface area contributed by atoms with E-state index >= 15 is 0 Å². The summed E-state index contributed by atoms with van der Waals surface area (Å²) in [6.45, 7) is 9.53. The molecule has 64 heavy (non-hydrogen) atoms. The SMILES string of the molecule is CC1(C)c2ccccc2-c2ccc(-c3ccc4c(c3)C(C)(C)c3cc(-c5ccc6cc(-c7cccc(-c8cc9c%10ccccc%10ccc9c9ccccc89)c7)ccc6c5)ccc3-4)cc21. The van der Waals surface area contributed by atoms with E-state index in [-0.39, 0.29) is 10.8 Å². The molecular formula is C64H46. The Morgan fingerprint density at radius 2 is 0.656 bits per heavy atom. The van der Waals surface area contributed by atoms with Crippen molar-refractivity contribution >= 4 is 43.1 Å². The largest absolute Gasteiger partial charge is 0.0619 e. The van der Waals surface area contributed by atoms with Crippen molar-refractivity contribution in [2.24, 2.45) is 0 Å². The van der Waals surface area contributed by atoms with Crippen LogP contribution in [0.3, 0.4) is 0 Å². The van der Waals surface area contributed by atoms with Crippen LogP contribution in [0.2, 0.25) is 0 Å². The lowest BCUT2D eigenvalue weighted by molar-refractivity contribution is 0.659. The summed E-state index contributed by atoms with van der Waals surface area (Å²) >= 11 is 0. The molecule has 0 spiro atoms. The highest BCUT2D eigenvalue weighted by Crippen LogP contribution is 2.53. The van der Waals surface area contributed by atoms with Crippen molar-refractivity contribution < 1.29 is 0 Å². The molecule has 0 N–H and O–H groups in total. The third-order valence-electron chi connectivity index (χ3n) is 15.0. The van der Waals surface area contributed by atoms with Gasteiger partial charge in [-0.15, -0.1) is 0 Å². The molecule has 0 aliphatic heterocycles. The Bertz CT molecular complexity index is 3780. The molecule has 11 aromatic rings. The average Bonchev–Trinajstić information content (AvgIpc) is 3.71. The topological polar surface area (TPSA) is 0 Å². The second-order valence-electron chi connectivity index (χ2n) is 19.3. The molecule has 0 bridgehead atoms. The number of rotatable bonds is 4. The molecule has 0 heterocycles. The van der Waals surface area contributed by atoms with E-state index in [4.69, 9.17) is 0 Å². The summed E-state index contributed by atoms with van der Waals surface area (Å²) in [6, 6.07) is 77.8. The van der Waals surface area contributed by atoms with Gasteiger partial charge in [-0.2, -0.15) is 0 Å². The fraction of sp³-hybridized carbons (Fsp3) is 0.0938. The first kappa shape index (κ1) is 37.1. The normalized spacial score (nSPS) is 14.2. The molecule has 0 aromatic heterocycles. The van der Waals surface area contributed by atoms with Gasteiger partial charge in [0.2, 0.25) is 0 Å². The van der Waals surface area contributed by atoms with Gasteiger partial charge in [0.15, 0.2) is 0 Å². The molecule has 0 saturated carbocycles. The van der Waals surface area contributed by atoms with Gasteiger partial charge in [-0.1, -0.05) is 191 Å². The number of benzene rings is 11. The van der Waals surface area contributed by atoms with Gasteiger partial charge in [0.1, 0.15) is 0 Å². The molecule has 0 saturated heterocycles. The van der Waals surface area contributed by atoms with E-state index in [1.54, 1.807) is 0 Å². The van der Waals surface area contributed by atoms with Crippen LogP contribution in [0.4, 0.5) is 0 Å². The minimum absolute atomic E-state index is 0.0207. The van der Waals surface area contributed by atoms with Crippen molar-refractivity contribution in [1.82, 2.24) is 0 Å². The fourth-order valence-electron chi connectivity index (χ4n) is 11.6. The molecule has 2 aliphatic carbocycles. The molecule has 0 heteroatoms. The minimum Gasteiger partial charge on any atom is -0.0619 e. The van der Waals surface area contributed by atoms with Gasteiger partial charge < -0.3 is 0 Å². The van der Waals surface area contributed by atoms with Crippen LogP contribution in [0.15, 0.2) is 206 Å². The lowest BCUT2D eigenvalue weighted by Crippen LogP contribution is -2.15. The van der Waals surface area contributed by atoms with Gasteiger partial charge in [0.05, 0.1) is 0 Å². The lowest BCUT2D eigenvalue weighted by atomic mass is 9.80. The quantitative estimate of drug-likeness (QED) is 0.155. The molecule has 0 nitrogen and oxygen atoms in total. The van der Waals surface area contributed by atoms with E-state index in [9.17, 15) is 0 Å². The molecule has 0 radical (unpaired) electrons. The summed E-state index contributed by atoms with van der Waals surface area (Å²) in [5.74, 6) is 0. The molecule has 13 rings (SSSR count). The molecule has 0 amide bonds. The van der Waals surface area contributed by atoms with Gasteiger partial charge in [-0.3, -0.25) is 0 Å². The summed E-state index contributed by atoms with van der Waals surface area (Å²) in [5, 5.41) is 10.2. The standard InChI is InChI=1S/C64H46/c1-63(2)59-19-10-9-18-53(59)54-29-26-46(36-60(54)63)47-27-31-56-55-30-25-45(35-61(55)64(3,4)62(56)37-47)44-23-22-42-32-41(20-21-43(42)33-44)40-13-11-14-48(34-40)57-38-58-49-15-6-5-12-39(49)24-28-52(58)50-16-7-8-17-51(50)57/h5-38H,1-4H3. The highest BCUT2D eigenvalue weighted by Gasteiger charge is 2.37. The van der Waals surface area contributed by atoms with Crippen LogP contribution < -0.4 is 0 Å². The number of hydrogen-bond donors (Lipinski definition) is 0. The summed E-state index contributed by atoms with van der Waals surface area (Å²) < 4.78 is 0. The number of hydrogen-bond acceptors (Lipinski definition) is 0. The van der Waals surface area contributed by atoms with Gasteiger partial charge in [0.25, 0.3) is 0 Å². The highest BCUT2D eigenvalue weighted by molar-refractivity contribution is 6.21. The Morgan fingerprint density at radius 1 is 0.219 bits per heavy atom. The summed E-state index contributed by atoms with van der Waals surface area (Å²) in [5.41, 5.74) is 20.9. The van der Waals surface area contributed by atoms with E-state index in [2.05, 4.69) is 234 Å². The van der Waals surface area contributed by atoms with E-state index in [1.165, 1.54) is 132 Å². The van der Waals surface area contributed by atoms with Crippen LogP contribution in [-0.2, 0) is 10.8 Å². The van der Waals surface area contributed by atoms with Gasteiger partial charge in [-0.25, -0.2) is 0 Å². The Balaban J connectivity index is 0.816. The zero-order valence-electron chi connectivity index (χ0n) is 36.6. The minimum atomic E-state index is -0.129. The average molecular weight is 815 g/mol. The smallest absolute Gasteiger partial charge is 0.0159 e. The Hall–Kier alpha value is -7.54. The van der Waals surface area contributed by atoms with E-state index in [1.807, 2.05) is 0 Å². The molecule has 11 aromatic carbocycles. The molecule has 0 atom stereocenters. The summed E-state index contributed by atoms with van der Waals surface area (Å²) in [4.78, 5) is 0. The van der Waals surface area contributed by atoms with Gasteiger partial charge >= 0.3 is 0 Å². The second kappa shape index (κ2) is 13.5. The summed E-state index contributed by atoms with van der Waals surface area (Å²) in [7, 11) is 0. The van der Waals surface area contributed by atoms with Crippen LogP contribution in [0.1, 0.15) is 49.9 Å². The Labute approximate surface area is 375 Å². The van der Waals surface area contributed by atoms with Crippen molar-refractivity contribution in [3.8, 4) is 66.8 Å². The lowest BCUT2D eigenvalue weighted by Gasteiger charge is -2.23. The van der Waals surface area contributed by atoms with Crippen LogP contribution in [0, 0.1) is 0 Å². The molecule has 302 valence electrons. The first-order chi connectivity index (χ1) is 31.2. The predicted octanol–water partition coefficient (Wildman–Crippen LogP) is 17.6. The van der Waals surface area contributed by atoms with Crippen molar-refractivity contribution in [2.75, 3.05) is 0 Å². The third kappa shape index (κ3) is 5.42. The monoisotopic (exact) mass is 814 g/mol.